The Morgan fingerprint density at radius 1 is 0.854 bits per heavy atom. The lowest BCUT2D eigenvalue weighted by Gasteiger charge is -2.31. The molecular formula is C29H35F4N5O3. The van der Waals surface area contributed by atoms with Crippen molar-refractivity contribution in [2.75, 3.05) is 11.9 Å². The highest BCUT2D eigenvalue weighted by molar-refractivity contribution is 6.18. The van der Waals surface area contributed by atoms with Gasteiger partial charge in [0.25, 0.3) is 11.7 Å². The van der Waals surface area contributed by atoms with Crippen LogP contribution in [-0.2, 0) is 21.4 Å². The van der Waals surface area contributed by atoms with E-state index in [0.717, 1.165) is 37.8 Å². The molecule has 1 heterocycles. The molecule has 12 heteroatoms. The van der Waals surface area contributed by atoms with Gasteiger partial charge in [0.2, 0.25) is 5.78 Å². The van der Waals surface area contributed by atoms with E-state index in [1.165, 1.54) is 49.9 Å². The third-order valence-electron chi connectivity index (χ3n) is 6.60. The number of ketones is 1. The maximum atomic E-state index is 14.8. The van der Waals surface area contributed by atoms with Crippen LogP contribution < -0.4 is 5.32 Å². The van der Waals surface area contributed by atoms with E-state index in [4.69, 9.17) is 4.74 Å². The Labute approximate surface area is 236 Å². The second kappa shape index (κ2) is 15.4. The first-order valence-electron chi connectivity index (χ1n) is 13.9. The van der Waals surface area contributed by atoms with Crippen molar-refractivity contribution >= 4 is 17.4 Å². The third-order valence-corrected chi connectivity index (χ3v) is 6.60. The number of para-hydroxylation sites is 1. The van der Waals surface area contributed by atoms with Crippen LogP contribution >= 0.6 is 0 Å². The van der Waals surface area contributed by atoms with Crippen LogP contribution in [0.5, 0.6) is 0 Å². The lowest BCUT2D eigenvalue weighted by Crippen LogP contribution is -2.56. The van der Waals surface area contributed by atoms with Crippen molar-refractivity contribution in [2.45, 2.75) is 83.0 Å². The Kier molecular flexibility index (Phi) is 11.9. The number of unbranched alkanes of at least 4 members (excludes halogenated alkanes) is 9. The maximum absolute atomic E-state index is 14.8. The molecule has 3 aromatic rings. The van der Waals surface area contributed by atoms with Crippen molar-refractivity contribution in [3.05, 3.63) is 71.8 Å². The smallest absolute Gasteiger partial charge is 0.340 e. The molecule has 2 aromatic carbocycles. The summed E-state index contributed by atoms with van der Waals surface area (Å²) in [6, 6.07) is 12.4. The number of hydrogen-bond donors (Lipinski definition) is 1. The SMILES string of the molecule is CCCCCCCCCCCCOC(C(=O)Nc1ccccc1)(C(=O)c1ccccc1F)n1nnnc1C(F)(F)F. The van der Waals surface area contributed by atoms with Gasteiger partial charge in [0, 0.05) is 5.69 Å². The van der Waals surface area contributed by atoms with Gasteiger partial charge in [-0.05, 0) is 41.1 Å². The number of Topliss-reactive ketones (excluding diaryl/α,β-unsaturated/α-hetero) is 1. The number of rotatable bonds is 17. The van der Waals surface area contributed by atoms with Gasteiger partial charge in [0.15, 0.2) is 0 Å². The molecule has 0 saturated heterocycles. The number of hydrogen-bond acceptors (Lipinski definition) is 6. The number of aromatic nitrogens is 4. The number of tetrazole rings is 1. The summed E-state index contributed by atoms with van der Waals surface area (Å²) in [5, 5.41) is 11.9. The second-order valence-corrected chi connectivity index (χ2v) is 9.72. The fraction of sp³-hybridized carbons (Fsp3) is 0.483. The summed E-state index contributed by atoms with van der Waals surface area (Å²) < 4.78 is 62.5. The van der Waals surface area contributed by atoms with Gasteiger partial charge in [-0.25, -0.2) is 4.39 Å². The number of carbonyl (C=O) groups is 2. The van der Waals surface area contributed by atoms with E-state index in [1.54, 1.807) is 18.2 Å². The molecule has 41 heavy (non-hydrogen) atoms. The Hall–Kier alpha value is -3.67. The molecule has 1 amide bonds. The lowest BCUT2D eigenvalue weighted by atomic mass is 9.98. The fourth-order valence-electron chi connectivity index (χ4n) is 4.44. The predicted molar refractivity (Wildman–Crippen MR) is 144 cm³/mol. The Morgan fingerprint density at radius 3 is 2.05 bits per heavy atom. The molecule has 0 fully saturated rings. The number of benzene rings is 2. The number of carbonyl (C=O) groups excluding carboxylic acids is 2. The molecule has 222 valence electrons. The topological polar surface area (TPSA) is 99.0 Å². The predicted octanol–water partition coefficient (Wildman–Crippen LogP) is 6.94. The Balaban J connectivity index is 1.89. The van der Waals surface area contributed by atoms with Crippen LogP contribution in [0.2, 0.25) is 0 Å². The minimum atomic E-state index is -5.15. The van der Waals surface area contributed by atoms with Gasteiger partial charge in [-0.1, -0.05) is 95.0 Å². The monoisotopic (exact) mass is 577 g/mol. The number of nitrogens with one attached hydrogen (secondary N) is 1. The maximum Gasteiger partial charge on any atom is 0.453 e. The summed E-state index contributed by atoms with van der Waals surface area (Å²) in [6.07, 6.45) is 4.66. The van der Waals surface area contributed by atoms with E-state index in [2.05, 4.69) is 27.8 Å². The number of halogens is 4. The molecule has 0 aliphatic heterocycles. The average molecular weight is 578 g/mol. The van der Waals surface area contributed by atoms with Gasteiger partial charge in [-0.2, -0.15) is 17.9 Å². The fourth-order valence-corrected chi connectivity index (χ4v) is 4.44. The van der Waals surface area contributed by atoms with E-state index in [0.29, 0.717) is 12.8 Å². The van der Waals surface area contributed by atoms with Crippen LogP contribution in [0.4, 0.5) is 23.2 Å². The van der Waals surface area contributed by atoms with E-state index < -0.39 is 40.8 Å². The highest BCUT2D eigenvalue weighted by atomic mass is 19.4. The molecule has 0 saturated carbocycles. The summed E-state index contributed by atoms with van der Waals surface area (Å²) in [7, 11) is 0. The van der Waals surface area contributed by atoms with Crippen LogP contribution in [0.1, 0.15) is 87.3 Å². The molecule has 0 aliphatic carbocycles. The molecule has 1 unspecified atom stereocenters. The number of amides is 1. The van der Waals surface area contributed by atoms with Gasteiger partial charge in [-0.3, -0.25) is 9.59 Å². The van der Waals surface area contributed by atoms with Gasteiger partial charge >= 0.3 is 11.9 Å². The van der Waals surface area contributed by atoms with E-state index in [1.807, 2.05) is 0 Å². The van der Waals surface area contributed by atoms with Crippen molar-refractivity contribution in [2.24, 2.45) is 0 Å². The number of alkyl halides is 3. The highest BCUT2D eigenvalue weighted by Crippen LogP contribution is 2.34. The minimum Gasteiger partial charge on any atom is -0.340 e. The molecule has 1 aromatic heterocycles. The second-order valence-electron chi connectivity index (χ2n) is 9.72. The zero-order valence-electron chi connectivity index (χ0n) is 23.0. The number of anilines is 1. The van der Waals surface area contributed by atoms with Crippen LogP contribution in [0, 0.1) is 5.82 Å². The van der Waals surface area contributed by atoms with Crippen molar-refractivity contribution in [1.29, 1.82) is 0 Å². The first-order valence-corrected chi connectivity index (χ1v) is 13.9. The Bertz CT molecular complexity index is 1250. The van der Waals surface area contributed by atoms with Crippen molar-refractivity contribution in [3.8, 4) is 0 Å². The van der Waals surface area contributed by atoms with Crippen molar-refractivity contribution < 1.29 is 31.9 Å². The normalized spacial score (nSPS) is 13.1. The van der Waals surface area contributed by atoms with E-state index >= 15 is 0 Å². The van der Waals surface area contributed by atoms with Crippen molar-refractivity contribution in [1.82, 2.24) is 20.2 Å². The van der Waals surface area contributed by atoms with Gasteiger partial charge in [-0.15, -0.1) is 5.10 Å². The molecular weight excluding hydrogens is 542 g/mol. The summed E-state index contributed by atoms with van der Waals surface area (Å²) in [4.78, 5) is 27.7. The molecule has 3 rings (SSSR count). The van der Waals surface area contributed by atoms with Crippen LogP contribution in [-0.4, -0.2) is 38.5 Å². The average Bonchev–Trinajstić information content (AvgIpc) is 3.46. The van der Waals surface area contributed by atoms with Gasteiger partial charge in [0.1, 0.15) is 5.82 Å². The highest BCUT2D eigenvalue weighted by Gasteiger charge is 2.56. The summed E-state index contributed by atoms with van der Waals surface area (Å²) in [5.41, 5.74) is -3.57. The van der Waals surface area contributed by atoms with Crippen LogP contribution in [0.25, 0.3) is 0 Å². The van der Waals surface area contributed by atoms with E-state index in [-0.39, 0.29) is 17.0 Å². The first kappa shape index (κ1) is 31.9. The van der Waals surface area contributed by atoms with Gasteiger partial charge in [0.05, 0.1) is 12.2 Å². The van der Waals surface area contributed by atoms with Crippen molar-refractivity contribution in [3.63, 3.8) is 0 Å². The quantitative estimate of drug-likeness (QED) is 0.0808. The van der Waals surface area contributed by atoms with Crippen LogP contribution in [0.3, 0.4) is 0 Å². The zero-order valence-corrected chi connectivity index (χ0v) is 23.0. The first-order chi connectivity index (χ1) is 19.7. The summed E-state index contributed by atoms with van der Waals surface area (Å²) >= 11 is 0. The Morgan fingerprint density at radius 2 is 1.44 bits per heavy atom. The standard InChI is InChI=1S/C29H35F4N5O3/c1-2-3-4-5-6-7-8-9-10-16-21-41-28(25(39)23-19-14-15-20-24(23)30,27(40)34-22-17-12-11-13-18-22)38-26(29(31,32)33)35-36-37-38/h11-15,17-20H,2-10,16,21H2,1H3,(H,34,40). The summed E-state index contributed by atoms with van der Waals surface area (Å²) in [6.45, 7) is 1.88. The van der Waals surface area contributed by atoms with E-state index in [9.17, 15) is 27.2 Å². The third kappa shape index (κ3) is 8.42. The number of nitrogens with zero attached hydrogens (tertiary/aromatic N) is 4. The molecule has 0 aliphatic rings. The zero-order chi connectivity index (χ0) is 29.7. The molecule has 1 N–H and O–H groups in total. The number of ether oxygens (including phenoxy) is 1. The van der Waals surface area contributed by atoms with Crippen LogP contribution in [0.15, 0.2) is 54.6 Å². The summed E-state index contributed by atoms with van der Waals surface area (Å²) in [5.74, 6) is -5.47. The molecule has 0 bridgehead atoms. The van der Waals surface area contributed by atoms with Gasteiger partial charge < -0.3 is 10.1 Å². The molecule has 8 nitrogen and oxygen atoms in total. The molecule has 1 atom stereocenters. The lowest BCUT2D eigenvalue weighted by molar-refractivity contribution is -0.167. The largest absolute Gasteiger partial charge is 0.453 e. The molecule has 0 radical (unpaired) electrons. The molecule has 0 spiro atoms. The minimum absolute atomic E-state index is 0.00362.